The zero-order valence-electron chi connectivity index (χ0n) is 16.6. The number of fused-ring (bicyclic) bond motifs is 1. The molecule has 0 amide bonds. The molecule has 1 unspecified atom stereocenters. The van der Waals surface area contributed by atoms with Gasteiger partial charge < -0.3 is 16.0 Å². The van der Waals surface area contributed by atoms with Gasteiger partial charge in [0.15, 0.2) is 0 Å². The zero-order chi connectivity index (χ0) is 20.2. The summed E-state index contributed by atoms with van der Waals surface area (Å²) in [4.78, 5) is 0. The Labute approximate surface area is 176 Å². The molecule has 2 aliphatic heterocycles. The van der Waals surface area contributed by atoms with Crippen molar-refractivity contribution >= 4 is 28.6 Å². The van der Waals surface area contributed by atoms with E-state index >= 15 is 0 Å². The Kier molecular flexibility index (Phi) is 5.97. The van der Waals surface area contributed by atoms with Gasteiger partial charge >= 0.3 is 0 Å². The molecule has 0 bridgehead atoms. The molecule has 0 spiro atoms. The topological polar surface area (TPSA) is 72.3 Å². The molecule has 0 aliphatic carbocycles. The maximum Gasteiger partial charge on any atom is 0.0829 e. The highest BCUT2D eigenvalue weighted by molar-refractivity contribution is 6.33. The molecule has 0 saturated heterocycles. The Hall–Kier alpha value is -2.63. The van der Waals surface area contributed by atoms with Crippen LogP contribution in [0.5, 0.6) is 0 Å². The summed E-state index contributed by atoms with van der Waals surface area (Å²) in [5, 5.41) is 14.9. The van der Waals surface area contributed by atoms with Crippen LogP contribution in [0.2, 0.25) is 5.02 Å². The number of hydrogen-bond donors (Lipinski definition) is 4. The van der Waals surface area contributed by atoms with Crippen LogP contribution in [0.15, 0.2) is 59.4 Å². The maximum atomic E-state index is 7.50. The van der Waals surface area contributed by atoms with Crippen LogP contribution in [-0.2, 0) is 0 Å². The Morgan fingerprint density at radius 2 is 2.07 bits per heavy atom. The Morgan fingerprint density at radius 1 is 1.21 bits per heavy atom. The van der Waals surface area contributed by atoms with Gasteiger partial charge in [0, 0.05) is 18.7 Å². The first-order valence-electron chi connectivity index (χ1n) is 10.0. The minimum absolute atomic E-state index is 0.107. The quantitative estimate of drug-likeness (QED) is 0.499. The number of para-hydroxylation sites is 1. The van der Waals surface area contributed by atoms with Crippen LogP contribution in [0.1, 0.15) is 42.5 Å². The SMILES string of the molecule is C/C(N=N)=C1/NCCC(Nc2ccccc2Cl)c2cc(C3=CCNCC3)ccc21. The van der Waals surface area contributed by atoms with Crippen molar-refractivity contribution in [2.24, 2.45) is 5.11 Å². The molecular weight excluding hydrogens is 382 g/mol. The lowest BCUT2D eigenvalue weighted by Gasteiger charge is -2.23. The molecule has 2 aliphatic rings. The van der Waals surface area contributed by atoms with E-state index in [9.17, 15) is 0 Å². The van der Waals surface area contributed by atoms with Crippen LogP contribution >= 0.6 is 11.6 Å². The van der Waals surface area contributed by atoms with E-state index in [1.165, 1.54) is 16.7 Å². The lowest BCUT2D eigenvalue weighted by Crippen LogP contribution is -2.20. The predicted molar refractivity (Wildman–Crippen MR) is 120 cm³/mol. The summed E-state index contributed by atoms with van der Waals surface area (Å²) in [6.45, 7) is 4.59. The number of halogens is 1. The molecule has 6 heteroatoms. The molecule has 1 atom stereocenters. The highest BCUT2D eigenvalue weighted by Crippen LogP contribution is 2.36. The number of hydrogen-bond acceptors (Lipinski definition) is 5. The molecule has 4 N–H and O–H groups in total. The van der Waals surface area contributed by atoms with Gasteiger partial charge in [0.2, 0.25) is 0 Å². The second-order valence-corrected chi connectivity index (χ2v) is 7.86. The summed E-state index contributed by atoms with van der Waals surface area (Å²) in [6, 6.07) is 14.6. The van der Waals surface area contributed by atoms with Crippen molar-refractivity contribution in [3.05, 3.63) is 76.0 Å². The van der Waals surface area contributed by atoms with Gasteiger partial charge in [-0.05, 0) is 61.2 Å². The molecule has 150 valence electrons. The number of allylic oxidation sites excluding steroid dienone is 1. The number of nitrogens with one attached hydrogen (secondary N) is 4. The fourth-order valence-electron chi connectivity index (χ4n) is 4.05. The number of rotatable bonds is 4. The third kappa shape index (κ3) is 4.21. The van der Waals surface area contributed by atoms with E-state index in [0.717, 1.165) is 54.4 Å². The summed E-state index contributed by atoms with van der Waals surface area (Å²) in [7, 11) is 0. The highest BCUT2D eigenvalue weighted by atomic mass is 35.5. The first kappa shape index (κ1) is 19.7. The van der Waals surface area contributed by atoms with Crippen molar-refractivity contribution < 1.29 is 0 Å². The van der Waals surface area contributed by atoms with Crippen LogP contribution in [0.4, 0.5) is 5.69 Å². The molecule has 2 heterocycles. The number of anilines is 1. The fourth-order valence-corrected chi connectivity index (χ4v) is 4.24. The Bertz CT molecular complexity index is 979. The molecule has 0 saturated carbocycles. The van der Waals surface area contributed by atoms with E-state index in [2.05, 4.69) is 45.3 Å². The molecule has 0 fully saturated rings. The van der Waals surface area contributed by atoms with E-state index in [0.29, 0.717) is 5.70 Å². The standard InChI is InChI=1S/C23H26ClN5/c1-15(29-25)23-18-7-6-17(16-8-11-26-12-9-16)14-19(18)21(10-13-27-23)28-22-5-3-2-4-20(22)24/h2-8,14,21,25-28H,9-13H2,1H3/b23-15-,29-25?. The van der Waals surface area contributed by atoms with E-state index in [-0.39, 0.29) is 6.04 Å². The monoisotopic (exact) mass is 407 g/mol. The van der Waals surface area contributed by atoms with Crippen molar-refractivity contribution in [1.29, 1.82) is 5.53 Å². The highest BCUT2D eigenvalue weighted by Gasteiger charge is 2.24. The third-order valence-electron chi connectivity index (χ3n) is 5.60. The molecule has 0 aromatic heterocycles. The van der Waals surface area contributed by atoms with Crippen molar-refractivity contribution in [3.63, 3.8) is 0 Å². The molecular formula is C23H26ClN5. The van der Waals surface area contributed by atoms with Gasteiger partial charge in [0.05, 0.1) is 28.1 Å². The van der Waals surface area contributed by atoms with Crippen LogP contribution < -0.4 is 16.0 Å². The van der Waals surface area contributed by atoms with Crippen LogP contribution in [0.3, 0.4) is 0 Å². The summed E-state index contributed by atoms with van der Waals surface area (Å²) in [5.41, 5.74) is 15.0. The van der Waals surface area contributed by atoms with Crippen LogP contribution in [0, 0.1) is 5.53 Å². The Balaban J connectivity index is 1.80. The van der Waals surface area contributed by atoms with Crippen molar-refractivity contribution in [2.45, 2.75) is 25.8 Å². The predicted octanol–water partition coefficient (Wildman–Crippen LogP) is 5.58. The lowest BCUT2D eigenvalue weighted by atomic mass is 9.91. The maximum absolute atomic E-state index is 7.50. The molecule has 2 aromatic rings. The molecule has 4 rings (SSSR count). The summed E-state index contributed by atoms with van der Waals surface area (Å²) < 4.78 is 0. The van der Waals surface area contributed by atoms with Gasteiger partial charge in [0.25, 0.3) is 0 Å². The molecule has 0 radical (unpaired) electrons. The van der Waals surface area contributed by atoms with Crippen LogP contribution in [-0.4, -0.2) is 19.6 Å². The van der Waals surface area contributed by atoms with E-state index in [1.54, 1.807) is 0 Å². The van der Waals surface area contributed by atoms with E-state index < -0.39 is 0 Å². The van der Waals surface area contributed by atoms with Gasteiger partial charge in [-0.15, -0.1) is 0 Å². The molecule has 29 heavy (non-hydrogen) atoms. The third-order valence-corrected chi connectivity index (χ3v) is 5.93. The summed E-state index contributed by atoms with van der Waals surface area (Å²) in [6.07, 6.45) is 4.21. The van der Waals surface area contributed by atoms with Gasteiger partial charge in [-0.25, -0.2) is 5.53 Å². The van der Waals surface area contributed by atoms with Crippen molar-refractivity contribution in [2.75, 3.05) is 25.0 Å². The largest absolute Gasteiger partial charge is 0.383 e. The van der Waals surface area contributed by atoms with Crippen molar-refractivity contribution in [3.8, 4) is 0 Å². The summed E-state index contributed by atoms with van der Waals surface area (Å²) >= 11 is 6.42. The minimum atomic E-state index is 0.107. The van der Waals surface area contributed by atoms with Gasteiger partial charge in [-0.2, -0.15) is 5.11 Å². The van der Waals surface area contributed by atoms with Crippen LogP contribution in [0.25, 0.3) is 11.3 Å². The first-order chi connectivity index (χ1) is 14.2. The fraction of sp³-hybridized carbons (Fsp3) is 0.304. The first-order valence-corrected chi connectivity index (χ1v) is 10.4. The van der Waals surface area contributed by atoms with Gasteiger partial charge in [0.1, 0.15) is 0 Å². The molecule has 2 aromatic carbocycles. The van der Waals surface area contributed by atoms with Gasteiger partial charge in [-0.1, -0.05) is 41.9 Å². The number of benzene rings is 2. The lowest BCUT2D eigenvalue weighted by molar-refractivity contribution is 0.682. The van der Waals surface area contributed by atoms with E-state index in [4.69, 9.17) is 17.1 Å². The Morgan fingerprint density at radius 3 is 2.83 bits per heavy atom. The van der Waals surface area contributed by atoms with Crippen molar-refractivity contribution in [1.82, 2.24) is 10.6 Å². The zero-order valence-corrected chi connectivity index (χ0v) is 17.3. The van der Waals surface area contributed by atoms with Gasteiger partial charge in [-0.3, -0.25) is 0 Å². The summed E-state index contributed by atoms with van der Waals surface area (Å²) in [5.74, 6) is 0. The number of nitrogens with zero attached hydrogens (tertiary/aromatic N) is 1. The van der Waals surface area contributed by atoms with E-state index in [1.807, 2.05) is 31.2 Å². The minimum Gasteiger partial charge on any atom is -0.383 e. The average Bonchev–Trinajstić information content (AvgIpc) is 2.94. The smallest absolute Gasteiger partial charge is 0.0829 e. The second kappa shape index (κ2) is 8.80. The average molecular weight is 408 g/mol. The normalized spacial score (nSPS) is 20.6. The second-order valence-electron chi connectivity index (χ2n) is 7.45. The molecule has 5 nitrogen and oxygen atoms in total.